The van der Waals surface area contributed by atoms with E-state index in [1.54, 1.807) is 6.20 Å². The number of hydrogen-bond donors (Lipinski definition) is 1. The van der Waals surface area contributed by atoms with Gasteiger partial charge in [0.05, 0.1) is 15.0 Å². The van der Waals surface area contributed by atoms with Crippen molar-refractivity contribution in [1.29, 1.82) is 0 Å². The average molecular weight is 326 g/mol. The second-order valence-electron chi connectivity index (χ2n) is 3.52. The summed E-state index contributed by atoms with van der Waals surface area (Å²) in [6.45, 7) is 3.88. The van der Waals surface area contributed by atoms with E-state index in [2.05, 4.69) is 37.5 Å². The first-order valence-electron chi connectivity index (χ1n) is 4.80. The van der Waals surface area contributed by atoms with Gasteiger partial charge in [0, 0.05) is 17.5 Å². The number of aromatic nitrogens is 3. The van der Waals surface area contributed by atoms with Crippen LogP contribution in [0.25, 0.3) is 11.3 Å². The summed E-state index contributed by atoms with van der Waals surface area (Å²) in [6, 6.07) is 3.92. The van der Waals surface area contributed by atoms with Gasteiger partial charge in [-0.1, -0.05) is 0 Å². The first kappa shape index (κ1) is 11.3. The second kappa shape index (κ2) is 4.32. The second-order valence-corrected chi connectivity index (χ2v) is 4.59. The third-order valence-corrected chi connectivity index (χ3v) is 3.50. The first-order valence-corrected chi connectivity index (χ1v) is 5.88. The molecule has 0 saturated carbocycles. The van der Waals surface area contributed by atoms with Gasteiger partial charge in [-0.15, -0.1) is 0 Å². The molecule has 0 saturated heterocycles. The number of aryl methyl sites for hydroxylation is 2. The Kier molecular flexibility index (Phi) is 3.04. The van der Waals surface area contributed by atoms with E-state index in [4.69, 9.17) is 5.73 Å². The Balaban J connectivity index is 2.64. The molecule has 0 bridgehead atoms. The largest absolute Gasteiger partial charge is 0.368 e. The van der Waals surface area contributed by atoms with Crippen molar-refractivity contribution in [2.45, 2.75) is 13.8 Å². The van der Waals surface area contributed by atoms with Gasteiger partial charge in [0.15, 0.2) is 0 Å². The Morgan fingerprint density at radius 1 is 1.25 bits per heavy atom. The van der Waals surface area contributed by atoms with E-state index < -0.39 is 0 Å². The lowest BCUT2D eigenvalue weighted by Gasteiger charge is -2.07. The molecule has 0 radical (unpaired) electrons. The van der Waals surface area contributed by atoms with E-state index >= 15 is 0 Å². The highest BCUT2D eigenvalue weighted by Gasteiger charge is 2.10. The minimum atomic E-state index is 0.308. The van der Waals surface area contributed by atoms with E-state index in [0.717, 1.165) is 26.2 Å². The van der Waals surface area contributed by atoms with Crippen LogP contribution in [0.1, 0.15) is 11.4 Å². The molecule has 2 N–H and O–H groups in total. The normalized spacial score (nSPS) is 10.4. The molecule has 2 aromatic heterocycles. The zero-order valence-electron chi connectivity index (χ0n) is 9.03. The molecule has 0 aliphatic rings. The molecule has 0 aliphatic heterocycles. The maximum absolute atomic E-state index is 5.66. The maximum atomic E-state index is 5.66. The molecule has 0 aliphatic carbocycles. The van der Waals surface area contributed by atoms with Crippen LogP contribution >= 0.6 is 22.6 Å². The minimum Gasteiger partial charge on any atom is -0.368 e. The molecule has 0 fully saturated rings. The lowest BCUT2D eigenvalue weighted by molar-refractivity contribution is 1.10. The van der Waals surface area contributed by atoms with Crippen LogP contribution in [0.4, 0.5) is 5.95 Å². The van der Waals surface area contributed by atoms with Crippen LogP contribution in [0.15, 0.2) is 18.3 Å². The third kappa shape index (κ3) is 2.13. The van der Waals surface area contributed by atoms with Gasteiger partial charge in [-0.05, 0) is 48.6 Å². The summed E-state index contributed by atoms with van der Waals surface area (Å²) in [4.78, 5) is 12.6. The van der Waals surface area contributed by atoms with Crippen molar-refractivity contribution < 1.29 is 0 Å². The number of anilines is 1. The zero-order chi connectivity index (χ0) is 11.7. The fourth-order valence-corrected chi connectivity index (χ4v) is 2.02. The smallest absolute Gasteiger partial charge is 0.220 e. The van der Waals surface area contributed by atoms with Gasteiger partial charge < -0.3 is 5.73 Å². The minimum absolute atomic E-state index is 0.308. The van der Waals surface area contributed by atoms with Gasteiger partial charge in [0.1, 0.15) is 0 Å². The summed E-state index contributed by atoms with van der Waals surface area (Å²) < 4.78 is 1.03. The Morgan fingerprint density at radius 2 is 2.00 bits per heavy atom. The molecule has 82 valence electrons. The van der Waals surface area contributed by atoms with Crippen molar-refractivity contribution in [3.05, 3.63) is 33.3 Å². The van der Waals surface area contributed by atoms with Crippen LogP contribution in [-0.2, 0) is 0 Å². The SMILES string of the molecule is Cc1cc(-c2nc(N)nc(C)c2I)ccn1. The van der Waals surface area contributed by atoms with Crippen molar-refractivity contribution in [3.8, 4) is 11.3 Å². The lowest BCUT2D eigenvalue weighted by atomic mass is 10.1. The molecule has 2 heterocycles. The molecule has 0 atom stereocenters. The quantitative estimate of drug-likeness (QED) is 0.817. The standard InChI is InChI=1S/C11H11IN4/c1-6-5-8(3-4-14-6)10-9(12)7(2)15-11(13)16-10/h3-5H,1-2H3,(H2,13,15,16). The number of halogens is 1. The van der Waals surface area contributed by atoms with Crippen LogP contribution in [0.3, 0.4) is 0 Å². The highest BCUT2D eigenvalue weighted by atomic mass is 127. The molecular weight excluding hydrogens is 315 g/mol. The van der Waals surface area contributed by atoms with Crippen molar-refractivity contribution in [2.75, 3.05) is 5.73 Å². The van der Waals surface area contributed by atoms with Crippen LogP contribution < -0.4 is 5.73 Å². The molecule has 0 amide bonds. The van der Waals surface area contributed by atoms with Gasteiger partial charge in [-0.2, -0.15) is 0 Å². The number of hydrogen-bond acceptors (Lipinski definition) is 4. The van der Waals surface area contributed by atoms with Crippen molar-refractivity contribution >= 4 is 28.5 Å². The summed E-state index contributed by atoms with van der Waals surface area (Å²) in [5.41, 5.74) is 9.42. The summed E-state index contributed by atoms with van der Waals surface area (Å²) >= 11 is 2.24. The highest BCUT2D eigenvalue weighted by molar-refractivity contribution is 14.1. The van der Waals surface area contributed by atoms with E-state index in [1.165, 1.54) is 0 Å². The number of rotatable bonds is 1. The van der Waals surface area contributed by atoms with E-state index in [0.29, 0.717) is 5.95 Å². The van der Waals surface area contributed by atoms with Crippen LogP contribution in [0.5, 0.6) is 0 Å². The van der Waals surface area contributed by atoms with E-state index in [1.807, 2.05) is 26.0 Å². The Labute approximate surface area is 107 Å². The topological polar surface area (TPSA) is 64.7 Å². The van der Waals surface area contributed by atoms with Crippen LogP contribution in [0, 0.1) is 17.4 Å². The van der Waals surface area contributed by atoms with Crippen molar-refractivity contribution in [2.24, 2.45) is 0 Å². The molecule has 4 nitrogen and oxygen atoms in total. The first-order chi connectivity index (χ1) is 7.58. The summed E-state index contributed by atoms with van der Waals surface area (Å²) in [6.07, 6.45) is 1.77. The van der Waals surface area contributed by atoms with Gasteiger partial charge in [0.25, 0.3) is 0 Å². The van der Waals surface area contributed by atoms with Crippen LogP contribution in [0.2, 0.25) is 0 Å². The van der Waals surface area contributed by atoms with Crippen molar-refractivity contribution in [1.82, 2.24) is 15.0 Å². The lowest BCUT2D eigenvalue weighted by Crippen LogP contribution is -2.02. The number of pyridine rings is 1. The summed E-state index contributed by atoms with van der Waals surface area (Å²) in [5, 5.41) is 0. The van der Waals surface area contributed by atoms with Gasteiger partial charge in [0.2, 0.25) is 5.95 Å². The Morgan fingerprint density at radius 3 is 2.69 bits per heavy atom. The summed E-state index contributed by atoms with van der Waals surface area (Å²) in [7, 11) is 0. The average Bonchev–Trinajstić information content (AvgIpc) is 2.23. The zero-order valence-corrected chi connectivity index (χ0v) is 11.2. The molecule has 0 unspecified atom stereocenters. The molecular formula is C11H11IN4. The van der Waals surface area contributed by atoms with Gasteiger partial charge >= 0.3 is 0 Å². The monoisotopic (exact) mass is 326 g/mol. The number of nitrogen functional groups attached to an aromatic ring is 1. The third-order valence-electron chi connectivity index (χ3n) is 2.20. The molecule has 16 heavy (non-hydrogen) atoms. The van der Waals surface area contributed by atoms with E-state index in [-0.39, 0.29) is 0 Å². The molecule has 0 aromatic carbocycles. The number of nitrogens with two attached hydrogens (primary N) is 1. The van der Waals surface area contributed by atoms with E-state index in [9.17, 15) is 0 Å². The van der Waals surface area contributed by atoms with Crippen molar-refractivity contribution in [3.63, 3.8) is 0 Å². The Hall–Kier alpha value is -1.24. The number of nitrogens with zero attached hydrogens (tertiary/aromatic N) is 3. The summed E-state index contributed by atoms with van der Waals surface area (Å²) in [5.74, 6) is 0.308. The van der Waals surface area contributed by atoms with Gasteiger partial charge in [-0.3, -0.25) is 4.98 Å². The fraction of sp³-hybridized carbons (Fsp3) is 0.182. The van der Waals surface area contributed by atoms with Crippen LogP contribution in [-0.4, -0.2) is 15.0 Å². The van der Waals surface area contributed by atoms with Gasteiger partial charge in [-0.25, -0.2) is 9.97 Å². The predicted molar refractivity (Wildman–Crippen MR) is 71.9 cm³/mol. The molecule has 5 heteroatoms. The molecule has 0 spiro atoms. The Bertz CT molecular complexity index is 540. The fourth-order valence-electron chi connectivity index (χ4n) is 1.47. The molecule has 2 rings (SSSR count). The molecule has 2 aromatic rings. The predicted octanol–water partition coefficient (Wildman–Crippen LogP) is 2.34. The maximum Gasteiger partial charge on any atom is 0.220 e. The highest BCUT2D eigenvalue weighted by Crippen LogP contribution is 2.25.